The standard InChI is InChI=1S/C14H22O/c1-5-12(15)7-9-14-11(4)6-8-13(14)10(2)3/h5,12-13,15H,1-2,6-9H2,3-4H3. The van der Waals surface area contributed by atoms with E-state index in [4.69, 9.17) is 0 Å². The van der Waals surface area contributed by atoms with Crippen LogP contribution in [0.5, 0.6) is 0 Å². The lowest BCUT2D eigenvalue weighted by Gasteiger charge is -2.16. The van der Waals surface area contributed by atoms with Gasteiger partial charge in [-0.3, -0.25) is 0 Å². The van der Waals surface area contributed by atoms with Crippen LogP contribution in [0, 0.1) is 5.92 Å². The SMILES string of the molecule is C=CC(O)CCC1=C(C)CCC1C(=C)C. The van der Waals surface area contributed by atoms with Crippen LogP contribution < -0.4 is 0 Å². The van der Waals surface area contributed by atoms with Crippen LogP contribution >= 0.6 is 0 Å². The van der Waals surface area contributed by atoms with E-state index in [-0.39, 0.29) is 6.10 Å². The van der Waals surface area contributed by atoms with Crippen LogP contribution in [0.25, 0.3) is 0 Å². The Balaban J connectivity index is 2.61. The molecule has 0 radical (unpaired) electrons. The Kier molecular flexibility index (Phi) is 4.34. The maximum absolute atomic E-state index is 9.47. The van der Waals surface area contributed by atoms with E-state index in [1.54, 1.807) is 6.08 Å². The summed E-state index contributed by atoms with van der Waals surface area (Å²) in [7, 11) is 0. The first-order valence-electron chi connectivity index (χ1n) is 5.70. The van der Waals surface area contributed by atoms with Gasteiger partial charge in [0.05, 0.1) is 6.10 Å². The predicted octanol–water partition coefficient (Wildman–Crippen LogP) is 3.62. The molecule has 0 spiro atoms. The van der Waals surface area contributed by atoms with Gasteiger partial charge in [0.25, 0.3) is 0 Å². The average Bonchev–Trinajstić information content (AvgIpc) is 2.56. The quantitative estimate of drug-likeness (QED) is 0.681. The summed E-state index contributed by atoms with van der Waals surface area (Å²) in [6.45, 7) is 12.0. The minimum atomic E-state index is -0.364. The third-order valence-electron chi connectivity index (χ3n) is 3.35. The van der Waals surface area contributed by atoms with Gasteiger partial charge in [-0.15, -0.1) is 6.58 Å². The molecule has 0 saturated carbocycles. The highest BCUT2D eigenvalue weighted by Gasteiger charge is 2.23. The second kappa shape index (κ2) is 5.32. The lowest BCUT2D eigenvalue weighted by Crippen LogP contribution is -2.06. The van der Waals surface area contributed by atoms with Crippen LogP contribution in [-0.4, -0.2) is 11.2 Å². The lowest BCUT2D eigenvalue weighted by molar-refractivity contribution is 0.212. The third-order valence-corrected chi connectivity index (χ3v) is 3.35. The maximum Gasteiger partial charge on any atom is 0.0721 e. The number of aliphatic hydroxyl groups is 1. The molecule has 2 atom stereocenters. The molecule has 0 amide bonds. The van der Waals surface area contributed by atoms with Crippen molar-refractivity contribution < 1.29 is 5.11 Å². The highest BCUT2D eigenvalue weighted by Crippen LogP contribution is 2.38. The fraction of sp³-hybridized carbons (Fsp3) is 0.571. The molecule has 0 aliphatic heterocycles. The molecule has 0 aromatic rings. The largest absolute Gasteiger partial charge is 0.389 e. The van der Waals surface area contributed by atoms with Crippen LogP contribution in [-0.2, 0) is 0 Å². The van der Waals surface area contributed by atoms with E-state index >= 15 is 0 Å². The fourth-order valence-electron chi connectivity index (χ4n) is 2.35. The minimum Gasteiger partial charge on any atom is -0.389 e. The summed E-state index contributed by atoms with van der Waals surface area (Å²) in [4.78, 5) is 0. The molecule has 1 nitrogen and oxygen atoms in total. The van der Waals surface area contributed by atoms with Gasteiger partial charge in [-0.2, -0.15) is 0 Å². The van der Waals surface area contributed by atoms with Crippen molar-refractivity contribution in [1.82, 2.24) is 0 Å². The van der Waals surface area contributed by atoms with Crippen molar-refractivity contribution in [2.45, 2.75) is 45.6 Å². The molecule has 15 heavy (non-hydrogen) atoms. The average molecular weight is 206 g/mol. The Morgan fingerprint density at radius 2 is 2.33 bits per heavy atom. The van der Waals surface area contributed by atoms with Gasteiger partial charge in [0, 0.05) is 5.92 Å². The van der Waals surface area contributed by atoms with Crippen molar-refractivity contribution in [3.05, 3.63) is 36.0 Å². The molecule has 0 heterocycles. The summed E-state index contributed by atoms with van der Waals surface area (Å²) in [5, 5.41) is 9.47. The van der Waals surface area contributed by atoms with Crippen molar-refractivity contribution >= 4 is 0 Å². The number of allylic oxidation sites excluding steroid dienone is 3. The summed E-state index contributed by atoms with van der Waals surface area (Å²) in [6.07, 6.45) is 5.42. The first kappa shape index (κ1) is 12.3. The summed E-state index contributed by atoms with van der Waals surface area (Å²) in [5.41, 5.74) is 4.26. The summed E-state index contributed by atoms with van der Waals surface area (Å²) in [6, 6.07) is 0. The molecule has 84 valence electrons. The van der Waals surface area contributed by atoms with Gasteiger partial charge in [-0.1, -0.05) is 29.4 Å². The highest BCUT2D eigenvalue weighted by molar-refractivity contribution is 5.28. The molecule has 1 aliphatic rings. The van der Waals surface area contributed by atoms with E-state index in [0.717, 1.165) is 12.8 Å². The van der Waals surface area contributed by atoms with E-state index in [0.29, 0.717) is 5.92 Å². The van der Waals surface area contributed by atoms with Crippen LogP contribution in [0.15, 0.2) is 36.0 Å². The van der Waals surface area contributed by atoms with E-state index < -0.39 is 0 Å². The number of aliphatic hydroxyl groups excluding tert-OH is 1. The Morgan fingerprint density at radius 3 is 2.87 bits per heavy atom. The van der Waals surface area contributed by atoms with E-state index in [1.165, 1.54) is 29.6 Å². The van der Waals surface area contributed by atoms with E-state index in [1.807, 2.05) is 0 Å². The molecule has 1 heteroatoms. The Labute approximate surface area is 93.2 Å². The summed E-state index contributed by atoms with van der Waals surface area (Å²) >= 11 is 0. The maximum atomic E-state index is 9.47. The molecule has 1 N–H and O–H groups in total. The molecule has 0 saturated heterocycles. The smallest absolute Gasteiger partial charge is 0.0721 e. The monoisotopic (exact) mass is 206 g/mol. The zero-order valence-electron chi connectivity index (χ0n) is 9.92. The molecule has 2 unspecified atom stereocenters. The topological polar surface area (TPSA) is 20.2 Å². The minimum absolute atomic E-state index is 0.364. The van der Waals surface area contributed by atoms with Crippen molar-refractivity contribution in [2.24, 2.45) is 5.92 Å². The van der Waals surface area contributed by atoms with E-state index in [9.17, 15) is 5.11 Å². The first-order valence-corrected chi connectivity index (χ1v) is 5.70. The van der Waals surface area contributed by atoms with Gasteiger partial charge in [-0.05, 0) is 39.5 Å². The first-order chi connectivity index (χ1) is 7.06. The second-order valence-electron chi connectivity index (χ2n) is 4.58. The Morgan fingerprint density at radius 1 is 1.67 bits per heavy atom. The molecule has 1 rings (SSSR count). The molecular weight excluding hydrogens is 184 g/mol. The van der Waals surface area contributed by atoms with Gasteiger partial charge in [0.15, 0.2) is 0 Å². The van der Waals surface area contributed by atoms with Crippen molar-refractivity contribution in [3.63, 3.8) is 0 Å². The number of rotatable bonds is 5. The Bertz CT molecular complexity index is 286. The highest BCUT2D eigenvalue weighted by atomic mass is 16.3. The number of hydrogen-bond donors (Lipinski definition) is 1. The Hall–Kier alpha value is -0.820. The molecule has 0 aromatic heterocycles. The predicted molar refractivity (Wildman–Crippen MR) is 65.7 cm³/mol. The lowest BCUT2D eigenvalue weighted by atomic mass is 9.90. The van der Waals surface area contributed by atoms with Crippen LogP contribution in [0.3, 0.4) is 0 Å². The molecule has 1 aliphatic carbocycles. The number of hydrogen-bond acceptors (Lipinski definition) is 1. The van der Waals surface area contributed by atoms with Crippen LogP contribution in [0.2, 0.25) is 0 Å². The van der Waals surface area contributed by atoms with Gasteiger partial charge in [0.2, 0.25) is 0 Å². The third kappa shape index (κ3) is 3.07. The fourth-order valence-corrected chi connectivity index (χ4v) is 2.35. The summed E-state index contributed by atoms with van der Waals surface area (Å²) < 4.78 is 0. The van der Waals surface area contributed by atoms with Crippen molar-refractivity contribution in [3.8, 4) is 0 Å². The van der Waals surface area contributed by atoms with Gasteiger partial charge >= 0.3 is 0 Å². The molecule has 0 aromatic carbocycles. The molecule has 0 bridgehead atoms. The van der Waals surface area contributed by atoms with Gasteiger partial charge < -0.3 is 5.11 Å². The van der Waals surface area contributed by atoms with E-state index in [2.05, 4.69) is 27.0 Å². The van der Waals surface area contributed by atoms with Crippen LogP contribution in [0.4, 0.5) is 0 Å². The second-order valence-corrected chi connectivity index (χ2v) is 4.58. The summed E-state index contributed by atoms with van der Waals surface area (Å²) in [5.74, 6) is 0.557. The zero-order valence-corrected chi connectivity index (χ0v) is 9.92. The van der Waals surface area contributed by atoms with Crippen molar-refractivity contribution in [1.29, 1.82) is 0 Å². The van der Waals surface area contributed by atoms with Crippen LogP contribution in [0.1, 0.15) is 39.5 Å². The van der Waals surface area contributed by atoms with Gasteiger partial charge in [0.1, 0.15) is 0 Å². The molecule has 0 fully saturated rings. The zero-order chi connectivity index (χ0) is 11.4. The molecular formula is C14H22O. The van der Waals surface area contributed by atoms with Gasteiger partial charge in [-0.25, -0.2) is 0 Å². The van der Waals surface area contributed by atoms with Crippen molar-refractivity contribution in [2.75, 3.05) is 0 Å². The normalized spacial score (nSPS) is 23.0.